The van der Waals surface area contributed by atoms with Gasteiger partial charge in [-0.25, -0.2) is 0 Å². The Kier molecular flexibility index (Phi) is 3.66. The van der Waals surface area contributed by atoms with Gasteiger partial charge < -0.3 is 14.8 Å². The monoisotopic (exact) mass is 315 g/mol. The molecule has 1 N–H and O–H groups in total. The first-order valence-electron chi connectivity index (χ1n) is 8.90. The van der Waals surface area contributed by atoms with Crippen molar-refractivity contribution in [2.75, 3.05) is 13.1 Å². The van der Waals surface area contributed by atoms with Gasteiger partial charge in [0.1, 0.15) is 5.69 Å². The lowest BCUT2D eigenvalue weighted by atomic mass is 9.75. The standard InChI is InChI=1S/C18H25N3O2/c1-12-10-13(11-12)18(23)20-7-6-15-4-5-16(21(15)9-8-20)17(22)19-14-2-3-14/h4-5,12-14H,2-3,6-11H2,1H3,(H,19,22). The zero-order valence-electron chi connectivity index (χ0n) is 13.8. The van der Waals surface area contributed by atoms with Gasteiger partial charge in [-0.1, -0.05) is 6.92 Å². The molecule has 0 radical (unpaired) electrons. The van der Waals surface area contributed by atoms with Crippen LogP contribution in [0.15, 0.2) is 12.1 Å². The van der Waals surface area contributed by atoms with Crippen LogP contribution in [0.25, 0.3) is 0 Å². The molecule has 5 nitrogen and oxygen atoms in total. The molecule has 0 aromatic carbocycles. The maximum Gasteiger partial charge on any atom is 0.268 e. The van der Waals surface area contributed by atoms with Gasteiger partial charge in [0, 0.05) is 43.7 Å². The molecule has 0 bridgehead atoms. The van der Waals surface area contributed by atoms with E-state index in [1.54, 1.807) is 0 Å². The number of hydrogen-bond donors (Lipinski definition) is 1. The van der Waals surface area contributed by atoms with E-state index >= 15 is 0 Å². The lowest BCUT2D eigenvalue weighted by Crippen LogP contribution is -2.42. The van der Waals surface area contributed by atoms with Crippen LogP contribution in [0.5, 0.6) is 0 Å². The molecule has 2 fully saturated rings. The highest BCUT2D eigenvalue weighted by molar-refractivity contribution is 5.93. The number of nitrogens with zero attached hydrogens (tertiary/aromatic N) is 2. The molecule has 2 saturated carbocycles. The fourth-order valence-corrected chi connectivity index (χ4v) is 3.84. The minimum absolute atomic E-state index is 0.0337. The Balaban J connectivity index is 1.43. The quantitative estimate of drug-likeness (QED) is 0.925. The van der Waals surface area contributed by atoms with Crippen LogP contribution in [0.4, 0.5) is 0 Å². The molecule has 3 aliphatic rings. The van der Waals surface area contributed by atoms with Gasteiger partial charge in [-0.2, -0.15) is 0 Å². The summed E-state index contributed by atoms with van der Waals surface area (Å²) < 4.78 is 2.11. The smallest absolute Gasteiger partial charge is 0.268 e. The molecule has 2 aliphatic carbocycles. The van der Waals surface area contributed by atoms with Crippen LogP contribution in [0.1, 0.15) is 48.8 Å². The second-order valence-electron chi connectivity index (χ2n) is 7.46. The highest BCUT2D eigenvalue weighted by Gasteiger charge is 2.35. The summed E-state index contributed by atoms with van der Waals surface area (Å²) in [5.41, 5.74) is 1.92. The van der Waals surface area contributed by atoms with E-state index in [0.29, 0.717) is 17.9 Å². The summed E-state index contributed by atoms with van der Waals surface area (Å²) in [7, 11) is 0. The van der Waals surface area contributed by atoms with Gasteiger partial charge in [0.2, 0.25) is 5.91 Å². The summed E-state index contributed by atoms with van der Waals surface area (Å²) in [6.07, 6.45) is 5.11. The minimum atomic E-state index is 0.0337. The van der Waals surface area contributed by atoms with Crippen LogP contribution in [-0.2, 0) is 17.8 Å². The molecule has 4 rings (SSSR count). The molecule has 5 heteroatoms. The topological polar surface area (TPSA) is 54.3 Å². The van der Waals surface area contributed by atoms with Crippen molar-refractivity contribution in [2.45, 2.75) is 51.6 Å². The summed E-state index contributed by atoms with van der Waals surface area (Å²) in [6, 6.07) is 4.34. The van der Waals surface area contributed by atoms with E-state index in [-0.39, 0.29) is 11.8 Å². The van der Waals surface area contributed by atoms with Crippen molar-refractivity contribution in [3.05, 3.63) is 23.5 Å². The third kappa shape index (κ3) is 2.89. The molecule has 124 valence electrons. The van der Waals surface area contributed by atoms with Crippen molar-refractivity contribution >= 4 is 11.8 Å². The highest BCUT2D eigenvalue weighted by Crippen LogP contribution is 2.34. The lowest BCUT2D eigenvalue weighted by molar-refractivity contribution is -0.139. The van der Waals surface area contributed by atoms with Gasteiger partial charge in [-0.3, -0.25) is 9.59 Å². The van der Waals surface area contributed by atoms with E-state index in [1.807, 2.05) is 17.0 Å². The van der Waals surface area contributed by atoms with Crippen LogP contribution in [0.2, 0.25) is 0 Å². The Hall–Kier alpha value is -1.78. The fraction of sp³-hybridized carbons (Fsp3) is 0.667. The third-order valence-corrected chi connectivity index (χ3v) is 5.48. The second-order valence-corrected chi connectivity index (χ2v) is 7.46. The number of carbonyl (C=O) groups is 2. The van der Waals surface area contributed by atoms with Gasteiger partial charge >= 0.3 is 0 Å². The Morgan fingerprint density at radius 2 is 1.91 bits per heavy atom. The molecular formula is C18H25N3O2. The number of aromatic nitrogens is 1. The number of carbonyl (C=O) groups excluding carboxylic acids is 2. The largest absolute Gasteiger partial charge is 0.348 e. The van der Waals surface area contributed by atoms with Crippen LogP contribution >= 0.6 is 0 Å². The van der Waals surface area contributed by atoms with Crippen molar-refractivity contribution in [1.82, 2.24) is 14.8 Å². The van der Waals surface area contributed by atoms with Crippen molar-refractivity contribution < 1.29 is 9.59 Å². The van der Waals surface area contributed by atoms with Crippen molar-refractivity contribution in [3.8, 4) is 0 Å². The third-order valence-electron chi connectivity index (χ3n) is 5.48. The zero-order chi connectivity index (χ0) is 16.0. The molecule has 1 aliphatic heterocycles. The summed E-state index contributed by atoms with van der Waals surface area (Å²) in [6.45, 7) is 4.43. The molecule has 2 heterocycles. The zero-order valence-corrected chi connectivity index (χ0v) is 13.8. The van der Waals surface area contributed by atoms with Gasteiger partial charge in [-0.15, -0.1) is 0 Å². The Morgan fingerprint density at radius 1 is 1.13 bits per heavy atom. The SMILES string of the molecule is CC1CC(C(=O)N2CCc3ccc(C(=O)NC4CC4)n3CC2)C1. The molecule has 23 heavy (non-hydrogen) atoms. The number of fused-ring (bicyclic) bond motifs is 1. The van der Waals surface area contributed by atoms with Gasteiger partial charge in [-0.05, 0) is 43.7 Å². The summed E-state index contributed by atoms with van der Waals surface area (Å²) in [5, 5.41) is 3.06. The first-order valence-corrected chi connectivity index (χ1v) is 8.90. The van der Waals surface area contributed by atoms with Crippen molar-refractivity contribution in [1.29, 1.82) is 0 Å². The van der Waals surface area contributed by atoms with E-state index in [0.717, 1.165) is 57.4 Å². The molecular weight excluding hydrogens is 290 g/mol. The normalized spacial score (nSPS) is 26.9. The number of rotatable bonds is 3. The molecule has 2 amide bonds. The first kappa shape index (κ1) is 14.8. The number of hydrogen-bond acceptors (Lipinski definition) is 2. The van der Waals surface area contributed by atoms with E-state index in [1.165, 1.54) is 5.69 Å². The van der Waals surface area contributed by atoms with Crippen LogP contribution in [0.3, 0.4) is 0 Å². The van der Waals surface area contributed by atoms with Crippen LogP contribution < -0.4 is 5.32 Å². The molecule has 0 unspecified atom stereocenters. The molecule has 1 aromatic heterocycles. The summed E-state index contributed by atoms with van der Waals surface area (Å²) >= 11 is 0. The molecule has 0 saturated heterocycles. The van der Waals surface area contributed by atoms with E-state index in [2.05, 4.69) is 16.8 Å². The molecule has 0 atom stereocenters. The molecule has 0 spiro atoms. The predicted octanol–water partition coefficient (Wildman–Crippen LogP) is 1.81. The maximum absolute atomic E-state index is 12.6. The average molecular weight is 315 g/mol. The average Bonchev–Trinajstić information content (AvgIpc) is 3.26. The summed E-state index contributed by atoms with van der Waals surface area (Å²) in [5.74, 6) is 1.28. The first-order chi connectivity index (χ1) is 11.1. The second kappa shape index (κ2) is 5.69. The predicted molar refractivity (Wildman–Crippen MR) is 87.1 cm³/mol. The molecule has 1 aromatic rings. The van der Waals surface area contributed by atoms with E-state index in [9.17, 15) is 9.59 Å². The fourth-order valence-electron chi connectivity index (χ4n) is 3.84. The van der Waals surface area contributed by atoms with Gasteiger partial charge in [0.25, 0.3) is 5.91 Å². The lowest BCUT2D eigenvalue weighted by Gasteiger charge is -2.35. The van der Waals surface area contributed by atoms with Gasteiger partial charge in [0.05, 0.1) is 0 Å². The van der Waals surface area contributed by atoms with Crippen LogP contribution in [0, 0.1) is 11.8 Å². The van der Waals surface area contributed by atoms with E-state index < -0.39 is 0 Å². The Bertz CT molecular complexity index is 626. The van der Waals surface area contributed by atoms with Crippen molar-refractivity contribution in [3.63, 3.8) is 0 Å². The highest BCUT2D eigenvalue weighted by atomic mass is 16.2. The van der Waals surface area contributed by atoms with Gasteiger partial charge in [0.15, 0.2) is 0 Å². The number of amides is 2. The minimum Gasteiger partial charge on any atom is -0.348 e. The van der Waals surface area contributed by atoms with E-state index in [4.69, 9.17) is 0 Å². The van der Waals surface area contributed by atoms with Crippen molar-refractivity contribution in [2.24, 2.45) is 11.8 Å². The Labute approximate surface area is 137 Å². The number of nitrogens with one attached hydrogen (secondary N) is 1. The van der Waals surface area contributed by atoms with Crippen LogP contribution in [-0.4, -0.2) is 40.4 Å². The Morgan fingerprint density at radius 3 is 2.61 bits per heavy atom. The summed E-state index contributed by atoms with van der Waals surface area (Å²) in [4.78, 5) is 26.9. The maximum atomic E-state index is 12.6.